The molecule has 14 rings (SSSR count). The molecule has 0 amide bonds. The molecule has 14 aromatic rings. The van der Waals surface area contributed by atoms with Gasteiger partial charge in [-0.25, -0.2) is 4.85 Å². The number of aryl methyl sites for hydroxylation is 2. The van der Waals surface area contributed by atoms with E-state index in [1.54, 1.807) is 0 Å². The van der Waals surface area contributed by atoms with Gasteiger partial charge in [0.2, 0.25) is 0 Å². The molecule has 0 unspecified atom stereocenters. The second-order valence-electron chi connectivity index (χ2n) is 18.3. The fourth-order valence-corrected chi connectivity index (χ4v) is 11.3. The largest absolute Gasteiger partial charge is 0.454 e. The SMILES string of the molecule is [C-]#[N+]c1ccc(N(c2ccc3ccc4c(N(c5ccc(C#N)cc5C)c5cccc6c5oc5ccc7ccccc7c56)ccc5ccc2c3c54)c2cccc3c2oc2ccc4ccccc4c23)c(C)c1. The van der Waals surface area contributed by atoms with Crippen LogP contribution in [0.25, 0.3) is 103 Å². The number of benzene rings is 12. The predicted molar refractivity (Wildman–Crippen MR) is 290 cm³/mol. The first-order valence-corrected chi connectivity index (χ1v) is 23.4. The maximum atomic E-state index is 10.0. The van der Waals surface area contributed by atoms with Crippen LogP contribution >= 0.6 is 0 Å². The van der Waals surface area contributed by atoms with E-state index in [9.17, 15) is 5.26 Å². The first kappa shape index (κ1) is 39.5. The lowest BCUT2D eigenvalue weighted by atomic mass is 9.91. The topological polar surface area (TPSA) is 60.9 Å². The molecule has 0 bridgehead atoms. The van der Waals surface area contributed by atoms with Crippen molar-refractivity contribution >= 4 is 138 Å². The van der Waals surface area contributed by atoms with Crippen LogP contribution < -0.4 is 9.80 Å². The van der Waals surface area contributed by atoms with Crippen LogP contribution in [0.1, 0.15) is 16.7 Å². The molecule has 2 heterocycles. The van der Waals surface area contributed by atoms with Gasteiger partial charge in [0, 0.05) is 43.7 Å². The molecule has 12 aromatic carbocycles. The Morgan fingerprint density at radius 1 is 0.400 bits per heavy atom. The van der Waals surface area contributed by atoms with Crippen LogP contribution in [0, 0.1) is 31.8 Å². The standard InChI is InChI=1S/C64H38N4O2/c1-37-34-39(36-65)18-28-51(37)67(55-16-8-14-49-61-45-12-6-4-10-40(45)23-32-57(61)69-63(49)55)53-29-21-42-20-27-48-54(30-22-43-19-26-47(53)59(42)60(43)48)68(52-31-25-44(66-3)35-38(52)2)56-17-9-15-50-62-46-13-7-5-11-41(46)24-33-58(62)70-64(50)56/h4-35H,1-2H3. The molecule has 6 nitrogen and oxygen atoms in total. The molecule has 0 fully saturated rings. The molecular formula is C64H38N4O2. The van der Waals surface area contributed by atoms with Gasteiger partial charge in [-0.15, -0.1) is 0 Å². The Hall–Kier alpha value is -9.62. The molecule has 0 saturated carbocycles. The summed E-state index contributed by atoms with van der Waals surface area (Å²) in [6.45, 7) is 12.0. The highest BCUT2D eigenvalue weighted by molar-refractivity contribution is 6.29. The highest BCUT2D eigenvalue weighted by Crippen LogP contribution is 2.52. The number of para-hydroxylation sites is 2. The minimum absolute atomic E-state index is 0.589. The van der Waals surface area contributed by atoms with Gasteiger partial charge in [0.25, 0.3) is 0 Å². The Morgan fingerprint density at radius 2 is 0.857 bits per heavy atom. The third kappa shape index (κ3) is 5.65. The lowest BCUT2D eigenvalue weighted by Gasteiger charge is -2.30. The van der Waals surface area contributed by atoms with Gasteiger partial charge in [0.05, 0.1) is 41.0 Å². The normalized spacial score (nSPS) is 11.8. The first-order chi connectivity index (χ1) is 34.4. The summed E-state index contributed by atoms with van der Waals surface area (Å²) in [5, 5.41) is 25.5. The van der Waals surface area contributed by atoms with Crippen LogP contribution in [-0.2, 0) is 0 Å². The third-order valence-corrected chi connectivity index (χ3v) is 14.4. The van der Waals surface area contributed by atoms with E-state index < -0.39 is 0 Å². The van der Waals surface area contributed by atoms with Crippen molar-refractivity contribution in [2.45, 2.75) is 13.8 Å². The minimum Gasteiger partial charge on any atom is -0.454 e. The van der Waals surface area contributed by atoms with Gasteiger partial charge in [-0.2, -0.15) is 5.26 Å². The summed E-state index contributed by atoms with van der Waals surface area (Å²) in [5.74, 6) is 0. The summed E-state index contributed by atoms with van der Waals surface area (Å²) in [5.41, 5.74) is 12.0. The molecule has 0 spiro atoms. The summed E-state index contributed by atoms with van der Waals surface area (Å²) >= 11 is 0. The Bertz CT molecular complexity index is 4330. The van der Waals surface area contributed by atoms with Crippen LogP contribution in [-0.4, -0.2) is 0 Å². The molecule has 326 valence electrons. The third-order valence-electron chi connectivity index (χ3n) is 14.4. The molecule has 0 aliphatic rings. The predicted octanol–water partition coefficient (Wildman–Crippen LogP) is 18.7. The molecule has 6 heteroatoms. The number of nitriles is 1. The lowest BCUT2D eigenvalue weighted by molar-refractivity contribution is 0.669. The molecular weight excluding hydrogens is 857 g/mol. The zero-order valence-electron chi connectivity index (χ0n) is 38.1. The molecule has 0 saturated heterocycles. The molecule has 70 heavy (non-hydrogen) atoms. The van der Waals surface area contributed by atoms with Gasteiger partial charge < -0.3 is 18.6 Å². The highest BCUT2D eigenvalue weighted by atomic mass is 16.3. The molecule has 2 aromatic heterocycles. The van der Waals surface area contributed by atoms with Gasteiger partial charge in [-0.05, 0) is 129 Å². The molecule has 0 aliphatic carbocycles. The van der Waals surface area contributed by atoms with Gasteiger partial charge in [-0.1, -0.05) is 133 Å². The Morgan fingerprint density at radius 3 is 1.36 bits per heavy atom. The van der Waals surface area contributed by atoms with E-state index >= 15 is 0 Å². The quantitative estimate of drug-likeness (QED) is 0.123. The van der Waals surface area contributed by atoms with Crippen LogP contribution in [0.2, 0.25) is 0 Å². The molecule has 0 radical (unpaired) electrons. The van der Waals surface area contributed by atoms with E-state index in [0.717, 1.165) is 143 Å². The number of hydrogen-bond donors (Lipinski definition) is 0. The van der Waals surface area contributed by atoms with Crippen molar-refractivity contribution in [3.05, 3.63) is 222 Å². The van der Waals surface area contributed by atoms with Crippen LogP contribution in [0.15, 0.2) is 203 Å². The van der Waals surface area contributed by atoms with Crippen LogP contribution in [0.4, 0.5) is 39.8 Å². The van der Waals surface area contributed by atoms with Crippen molar-refractivity contribution in [2.24, 2.45) is 0 Å². The van der Waals surface area contributed by atoms with E-state index in [1.807, 2.05) is 24.3 Å². The van der Waals surface area contributed by atoms with Crippen molar-refractivity contribution in [3.63, 3.8) is 0 Å². The Kier molecular flexibility index (Phi) is 8.44. The second-order valence-corrected chi connectivity index (χ2v) is 18.3. The zero-order valence-corrected chi connectivity index (χ0v) is 38.1. The van der Waals surface area contributed by atoms with E-state index in [4.69, 9.17) is 15.4 Å². The fourth-order valence-electron chi connectivity index (χ4n) is 11.3. The summed E-state index contributed by atoms with van der Waals surface area (Å²) in [7, 11) is 0. The Labute approximate surface area is 401 Å². The summed E-state index contributed by atoms with van der Waals surface area (Å²) in [4.78, 5) is 8.44. The van der Waals surface area contributed by atoms with Crippen LogP contribution in [0.3, 0.4) is 0 Å². The zero-order chi connectivity index (χ0) is 46.8. The number of hydrogen-bond acceptors (Lipinski definition) is 5. The van der Waals surface area contributed by atoms with Crippen molar-refractivity contribution in [2.75, 3.05) is 9.80 Å². The van der Waals surface area contributed by atoms with Gasteiger partial charge in [0.15, 0.2) is 16.9 Å². The second kappa shape index (κ2) is 14.9. The fraction of sp³-hybridized carbons (Fsp3) is 0.0312. The maximum absolute atomic E-state index is 10.0. The monoisotopic (exact) mass is 894 g/mol. The van der Waals surface area contributed by atoms with Gasteiger partial charge >= 0.3 is 0 Å². The average molecular weight is 895 g/mol. The number of anilines is 6. The summed E-state index contributed by atoms with van der Waals surface area (Å²) in [6, 6.07) is 70.3. The van der Waals surface area contributed by atoms with Gasteiger partial charge in [-0.3, -0.25) is 0 Å². The van der Waals surface area contributed by atoms with Crippen molar-refractivity contribution in [1.82, 2.24) is 0 Å². The average Bonchev–Trinajstić information content (AvgIpc) is 4.00. The van der Waals surface area contributed by atoms with Gasteiger partial charge in [0.1, 0.15) is 11.2 Å². The van der Waals surface area contributed by atoms with Crippen LogP contribution in [0.5, 0.6) is 0 Å². The number of rotatable bonds is 6. The maximum Gasteiger partial charge on any atom is 0.187 e. The first-order valence-electron chi connectivity index (χ1n) is 23.4. The summed E-state index contributed by atoms with van der Waals surface area (Å²) < 4.78 is 13.8. The van der Waals surface area contributed by atoms with E-state index in [2.05, 4.69) is 204 Å². The smallest absolute Gasteiger partial charge is 0.187 e. The van der Waals surface area contributed by atoms with Crippen molar-refractivity contribution in [3.8, 4) is 6.07 Å². The number of furan rings is 2. The van der Waals surface area contributed by atoms with Crippen molar-refractivity contribution in [1.29, 1.82) is 5.26 Å². The minimum atomic E-state index is 0.589. The summed E-state index contributed by atoms with van der Waals surface area (Å²) in [6.07, 6.45) is 0. The molecule has 0 N–H and O–H groups in total. The highest BCUT2D eigenvalue weighted by Gasteiger charge is 2.27. The van der Waals surface area contributed by atoms with E-state index in [0.29, 0.717) is 11.3 Å². The molecule has 0 atom stereocenters. The lowest BCUT2D eigenvalue weighted by Crippen LogP contribution is -2.13. The number of nitrogens with zero attached hydrogens (tertiary/aromatic N) is 4. The van der Waals surface area contributed by atoms with Crippen molar-refractivity contribution < 1.29 is 8.83 Å². The van der Waals surface area contributed by atoms with E-state index in [1.165, 1.54) is 0 Å². The molecule has 0 aliphatic heterocycles. The Balaban J connectivity index is 1.04. The number of fused-ring (bicyclic) bond motifs is 10. The van der Waals surface area contributed by atoms with E-state index in [-0.39, 0.29) is 0 Å².